The average Bonchev–Trinajstić information content (AvgIpc) is 2.80. The van der Waals surface area contributed by atoms with Gasteiger partial charge >= 0.3 is 0 Å². The Kier molecular flexibility index (Phi) is 5.77. The molecule has 1 aliphatic heterocycles. The van der Waals surface area contributed by atoms with Gasteiger partial charge in [0.25, 0.3) is 0 Å². The average molecular weight is 317 g/mol. The van der Waals surface area contributed by atoms with Crippen LogP contribution in [0, 0.1) is 12.8 Å². The first-order valence-corrected chi connectivity index (χ1v) is 8.15. The minimum absolute atomic E-state index is 0.0213. The van der Waals surface area contributed by atoms with E-state index in [2.05, 4.69) is 10.2 Å². The Balaban J connectivity index is 2.04. The van der Waals surface area contributed by atoms with Crippen LogP contribution in [0.1, 0.15) is 30.0 Å². The van der Waals surface area contributed by atoms with E-state index < -0.39 is 0 Å². The maximum Gasteiger partial charge on any atom is 0.226 e. The molecule has 23 heavy (non-hydrogen) atoms. The van der Waals surface area contributed by atoms with Gasteiger partial charge in [-0.1, -0.05) is 29.8 Å². The van der Waals surface area contributed by atoms with Gasteiger partial charge in [-0.05, 0) is 39.5 Å². The maximum atomic E-state index is 12.5. The van der Waals surface area contributed by atoms with Crippen LogP contribution >= 0.6 is 0 Å². The summed E-state index contributed by atoms with van der Waals surface area (Å²) in [6.07, 6.45) is 1.19. The van der Waals surface area contributed by atoms with Crippen molar-refractivity contribution >= 4 is 11.8 Å². The summed E-state index contributed by atoms with van der Waals surface area (Å²) in [5.74, 6) is -0.300. The minimum atomic E-state index is -0.311. The van der Waals surface area contributed by atoms with E-state index in [0.717, 1.165) is 18.5 Å². The number of nitrogens with one attached hydrogen (secondary N) is 1. The second kappa shape index (κ2) is 7.59. The summed E-state index contributed by atoms with van der Waals surface area (Å²) in [5.41, 5.74) is 2.20. The van der Waals surface area contributed by atoms with Crippen molar-refractivity contribution in [2.75, 3.05) is 34.2 Å². The van der Waals surface area contributed by atoms with Crippen LogP contribution in [0.2, 0.25) is 0 Å². The molecule has 0 unspecified atom stereocenters. The molecule has 2 rings (SSSR count). The topological polar surface area (TPSA) is 52.7 Å². The molecule has 0 bridgehead atoms. The second-order valence-corrected chi connectivity index (χ2v) is 6.62. The lowest BCUT2D eigenvalue weighted by molar-refractivity contribution is -0.128. The molecular weight excluding hydrogens is 290 g/mol. The number of aryl methyl sites for hydroxylation is 1. The van der Waals surface area contributed by atoms with E-state index in [1.807, 2.05) is 45.3 Å². The van der Waals surface area contributed by atoms with E-state index in [0.29, 0.717) is 6.54 Å². The molecule has 1 heterocycles. The van der Waals surface area contributed by atoms with Gasteiger partial charge in [0, 0.05) is 20.0 Å². The van der Waals surface area contributed by atoms with E-state index in [9.17, 15) is 9.59 Å². The molecule has 1 N–H and O–H groups in total. The Morgan fingerprint density at radius 2 is 1.96 bits per heavy atom. The van der Waals surface area contributed by atoms with Crippen molar-refractivity contribution in [1.29, 1.82) is 0 Å². The van der Waals surface area contributed by atoms with Crippen LogP contribution in [0.15, 0.2) is 24.3 Å². The van der Waals surface area contributed by atoms with Gasteiger partial charge in [0.05, 0.1) is 12.0 Å². The first-order chi connectivity index (χ1) is 10.9. The second-order valence-electron chi connectivity index (χ2n) is 6.62. The van der Waals surface area contributed by atoms with Crippen LogP contribution < -0.4 is 5.32 Å². The van der Waals surface area contributed by atoms with Crippen molar-refractivity contribution in [3.63, 3.8) is 0 Å². The number of amides is 2. The lowest BCUT2D eigenvalue weighted by Gasteiger charge is -2.25. The van der Waals surface area contributed by atoms with Gasteiger partial charge in [-0.15, -0.1) is 0 Å². The molecule has 126 valence electrons. The monoisotopic (exact) mass is 317 g/mol. The van der Waals surface area contributed by atoms with Crippen molar-refractivity contribution < 1.29 is 9.59 Å². The lowest BCUT2D eigenvalue weighted by Crippen LogP contribution is -2.35. The molecule has 0 saturated carbocycles. The Morgan fingerprint density at radius 1 is 1.30 bits per heavy atom. The number of benzene rings is 1. The molecule has 1 aromatic rings. The predicted molar refractivity (Wildman–Crippen MR) is 91.0 cm³/mol. The van der Waals surface area contributed by atoms with Gasteiger partial charge in [0.1, 0.15) is 0 Å². The normalized spacial score (nSPS) is 21.1. The fraction of sp³-hybridized carbons (Fsp3) is 0.556. The Morgan fingerprint density at radius 3 is 2.57 bits per heavy atom. The highest BCUT2D eigenvalue weighted by molar-refractivity contribution is 5.90. The molecule has 1 aromatic carbocycles. The number of likely N-dealkylation sites (tertiary alicyclic amines) is 1. The summed E-state index contributed by atoms with van der Waals surface area (Å²) in [6, 6.07) is 7.91. The van der Waals surface area contributed by atoms with Crippen LogP contribution in [-0.4, -0.2) is 55.8 Å². The predicted octanol–water partition coefficient (Wildman–Crippen LogP) is 1.58. The summed E-state index contributed by atoms with van der Waals surface area (Å²) in [4.78, 5) is 28.4. The summed E-state index contributed by atoms with van der Waals surface area (Å²) >= 11 is 0. The Bertz CT molecular complexity index is 554. The van der Waals surface area contributed by atoms with Crippen molar-refractivity contribution in [2.24, 2.45) is 5.92 Å². The number of nitrogens with zero attached hydrogens (tertiary/aromatic N) is 2. The third-order valence-corrected chi connectivity index (χ3v) is 4.42. The van der Waals surface area contributed by atoms with Gasteiger partial charge < -0.3 is 15.1 Å². The zero-order valence-electron chi connectivity index (χ0n) is 14.5. The van der Waals surface area contributed by atoms with Crippen LogP contribution in [-0.2, 0) is 9.59 Å². The molecule has 2 atom stereocenters. The number of carbonyl (C=O) groups excluding carboxylic acids is 2. The molecule has 1 aliphatic rings. The maximum absolute atomic E-state index is 12.5. The molecule has 5 nitrogen and oxygen atoms in total. The van der Waals surface area contributed by atoms with Crippen molar-refractivity contribution in [3.05, 3.63) is 35.4 Å². The fourth-order valence-corrected chi connectivity index (χ4v) is 3.06. The highest BCUT2D eigenvalue weighted by atomic mass is 16.2. The van der Waals surface area contributed by atoms with Gasteiger partial charge in [-0.3, -0.25) is 9.59 Å². The van der Waals surface area contributed by atoms with E-state index in [4.69, 9.17) is 0 Å². The van der Waals surface area contributed by atoms with Crippen molar-refractivity contribution in [1.82, 2.24) is 15.1 Å². The summed E-state index contributed by atoms with van der Waals surface area (Å²) in [6.45, 7) is 3.61. The Labute approximate surface area is 138 Å². The first-order valence-electron chi connectivity index (χ1n) is 8.15. The lowest BCUT2D eigenvalue weighted by atomic mass is 9.92. The molecule has 5 heteroatoms. The van der Waals surface area contributed by atoms with Gasteiger partial charge in [0.15, 0.2) is 0 Å². The molecule has 1 saturated heterocycles. The summed E-state index contributed by atoms with van der Waals surface area (Å²) < 4.78 is 0. The number of hydrogen-bond acceptors (Lipinski definition) is 3. The van der Waals surface area contributed by atoms with Crippen molar-refractivity contribution in [3.8, 4) is 0 Å². The molecule has 2 amide bonds. The van der Waals surface area contributed by atoms with E-state index >= 15 is 0 Å². The largest absolute Gasteiger partial charge is 0.356 e. The fourth-order valence-electron chi connectivity index (χ4n) is 3.06. The Hall–Kier alpha value is -1.88. The molecule has 0 aliphatic carbocycles. The molecule has 0 aromatic heterocycles. The van der Waals surface area contributed by atoms with Crippen LogP contribution in [0.25, 0.3) is 0 Å². The van der Waals surface area contributed by atoms with Crippen LogP contribution in [0.5, 0.6) is 0 Å². The first kappa shape index (κ1) is 17.5. The standard InChI is InChI=1S/C18H27N3O2/c1-13-6-8-14(9-7-13)17-15(12-16(22)21(17)4)18(23)19-10-5-11-20(2)3/h6-9,15,17H,5,10-12H2,1-4H3,(H,19,23)/t15-,17+/m0/s1. The van der Waals surface area contributed by atoms with E-state index in [1.54, 1.807) is 11.9 Å². The number of rotatable bonds is 6. The van der Waals surface area contributed by atoms with Gasteiger partial charge in [-0.25, -0.2) is 0 Å². The zero-order chi connectivity index (χ0) is 17.0. The smallest absolute Gasteiger partial charge is 0.226 e. The SMILES string of the molecule is Cc1ccc([C@@H]2[C@@H](C(=O)NCCCN(C)C)CC(=O)N2C)cc1. The third-order valence-electron chi connectivity index (χ3n) is 4.42. The zero-order valence-corrected chi connectivity index (χ0v) is 14.5. The highest BCUT2D eigenvalue weighted by Crippen LogP contribution is 2.37. The third kappa shape index (κ3) is 4.32. The van der Waals surface area contributed by atoms with Gasteiger partial charge in [-0.2, -0.15) is 0 Å². The summed E-state index contributed by atoms with van der Waals surface area (Å²) in [5, 5.41) is 2.99. The van der Waals surface area contributed by atoms with Crippen LogP contribution in [0.3, 0.4) is 0 Å². The van der Waals surface area contributed by atoms with Gasteiger partial charge in [0.2, 0.25) is 11.8 Å². The minimum Gasteiger partial charge on any atom is -0.356 e. The van der Waals surface area contributed by atoms with E-state index in [1.165, 1.54) is 5.56 Å². The highest BCUT2D eigenvalue weighted by Gasteiger charge is 2.42. The molecule has 1 fully saturated rings. The molecule has 0 spiro atoms. The van der Waals surface area contributed by atoms with E-state index in [-0.39, 0.29) is 30.2 Å². The quantitative estimate of drug-likeness (QED) is 0.811. The molecule has 0 radical (unpaired) electrons. The summed E-state index contributed by atoms with van der Waals surface area (Å²) in [7, 11) is 5.81. The van der Waals surface area contributed by atoms with Crippen LogP contribution in [0.4, 0.5) is 0 Å². The molecular formula is C18H27N3O2. The number of hydrogen-bond donors (Lipinski definition) is 1. The number of carbonyl (C=O) groups is 2. The van der Waals surface area contributed by atoms with Crippen molar-refractivity contribution in [2.45, 2.75) is 25.8 Å².